The van der Waals surface area contributed by atoms with Gasteiger partial charge < -0.3 is 9.80 Å². The maximum Gasteiger partial charge on any atom is 0.132 e. The third-order valence-electron chi connectivity index (χ3n) is 0.765. The zero-order valence-electron chi connectivity index (χ0n) is 8.11. The molecule has 0 N–H and O–H groups in total. The Morgan fingerprint density at radius 3 is 0.923 bits per heavy atom. The molecule has 0 saturated carbocycles. The summed E-state index contributed by atoms with van der Waals surface area (Å²) in [5, 5.41) is 0. The van der Waals surface area contributed by atoms with Crippen molar-refractivity contribution in [3.05, 3.63) is 0 Å². The Balaban J connectivity index is -0.000000143. The van der Waals surface area contributed by atoms with Crippen molar-refractivity contribution >= 4 is 71.8 Å². The molecule has 0 bridgehead atoms. The molecule has 0 amide bonds. The SMILES string of the molecule is CN(C)C(=S)S.CN(C)C(=S)S.S. The van der Waals surface area contributed by atoms with Crippen LogP contribution >= 0.6 is 63.2 Å². The summed E-state index contributed by atoms with van der Waals surface area (Å²) in [6, 6.07) is 0. The standard InChI is InChI=1S/2C3H7NS2.H2S/c2*1-4(2)3(5)6;/h2*1-2H3,(H,5,6);1H2. The first-order chi connectivity index (χ1) is 5.29. The van der Waals surface area contributed by atoms with E-state index in [1.807, 2.05) is 28.2 Å². The molecule has 7 heteroatoms. The van der Waals surface area contributed by atoms with E-state index in [1.165, 1.54) is 0 Å². The molecule has 0 aliphatic rings. The lowest BCUT2D eigenvalue weighted by Gasteiger charge is -2.05. The monoisotopic (exact) mass is 276 g/mol. The van der Waals surface area contributed by atoms with Gasteiger partial charge in [-0.3, -0.25) is 0 Å². The van der Waals surface area contributed by atoms with Gasteiger partial charge in [0.1, 0.15) is 8.64 Å². The van der Waals surface area contributed by atoms with E-state index >= 15 is 0 Å². The fraction of sp³-hybridized carbons (Fsp3) is 0.667. The van der Waals surface area contributed by atoms with Crippen molar-refractivity contribution in [3.8, 4) is 0 Å². The second kappa shape index (κ2) is 10.9. The predicted octanol–water partition coefficient (Wildman–Crippen LogP) is 1.64. The predicted molar refractivity (Wildman–Crippen MR) is 80.9 cm³/mol. The summed E-state index contributed by atoms with van der Waals surface area (Å²) < 4.78 is 1.24. The zero-order valence-corrected chi connectivity index (χ0v) is 12.5. The van der Waals surface area contributed by atoms with Crippen LogP contribution in [0.25, 0.3) is 0 Å². The lowest BCUT2D eigenvalue weighted by molar-refractivity contribution is 0.648. The molecule has 0 aliphatic heterocycles. The average Bonchev–Trinajstić information content (AvgIpc) is 1.88. The van der Waals surface area contributed by atoms with E-state index in [1.54, 1.807) is 9.80 Å². The van der Waals surface area contributed by atoms with Gasteiger partial charge >= 0.3 is 0 Å². The molecule has 0 aliphatic carbocycles. The summed E-state index contributed by atoms with van der Waals surface area (Å²) >= 11 is 16.9. The first-order valence-corrected chi connectivity index (χ1v) is 4.80. The molecule has 0 unspecified atom stereocenters. The molecule has 0 fully saturated rings. The Labute approximate surface area is 109 Å². The maximum absolute atomic E-state index is 4.61. The van der Waals surface area contributed by atoms with E-state index < -0.39 is 0 Å². The van der Waals surface area contributed by atoms with Crippen molar-refractivity contribution in [2.45, 2.75) is 0 Å². The quantitative estimate of drug-likeness (QED) is 0.513. The minimum atomic E-state index is 0. The summed E-state index contributed by atoms with van der Waals surface area (Å²) in [5.41, 5.74) is 0. The van der Waals surface area contributed by atoms with Crippen molar-refractivity contribution in [1.29, 1.82) is 0 Å². The molecular formula is C6H16N2S5. The third kappa shape index (κ3) is 19.3. The smallest absolute Gasteiger partial charge is 0.132 e. The molecule has 0 spiro atoms. The second-order valence-corrected chi connectivity index (χ2v) is 4.58. The van der Waals surface area contributed by atoms with Crippen LogP contribution in [0.3, 0.4) is 0 Å². The van der Waals surface area contributed by atoms with Crippen LogP contribution in [0.4, 0.5) is 0 Å². The van der Waals surface area contributed by atoms with Crippen LogP contribution in [0, 0.1) is 0 Å². The van der Waals surface area contributed by atoms with Crippen molar-refractivity contribution in [1.82, 2.24) is 9.80 Å². The van der Waals surface area contributed by atoms with Gasteiger partial charge in [0.2, 0.25) is 0 Å². The summed E-state index contributed by atoms with van der Waals surface area (Å²) in [5.74, 6) is 0. The van der Waals surface area contributed by atoms with E-state index in [0.717, 1.165) is 0 Å². The lowest BCUT2D eigenvalue weighted by Crippen LogP contribution is -2.12. The van der Waals surface area contributed by atoms with Gasteiger partial charge in [-0.15, -0.1) is 25.3 Å². The summed E-state index contributed by atoms with van der Waals surface area (Å²) in [4.78, 5) is 3.52. The van der Waals surface area contributed by atoms with Crippen LogP contribution in [0.15, 0.2) is 0 Å². The molecule has 0 heterocycles. The summed E-state index contributed by atoms with van der Waals surface area (Å²) in [7, 11) is 7.43. The van der Waals surface area contributed by atoms with E-state index in [9.17, 15) is 0 Å². The summed E-state index contributed by atoms with van der Waals surface area (Å²) in [6.07, 6.45) is 0. The lowest BCUT2D eigenvalue weighted by atomic mass is 11.0. The molecule has 0 aromatic heterocycles. The molecule has 0 aromatic carbocycles. The van der Waals surface area contributed by atoms with Crippen LogP contribution in [0.5, 0.6) is 0 Å². The van der Waals surface area contributed by atoms with Crippen LogP contribution in [0.2, 0.25) is 0 Å². The normalized spacial score (nSPS) is 7.23. The molecule has 2 nitrogen and oxygen atoms in total. The van der Waals surface area contributed by atoms with Gasteiger partial charge in [-0.2, -0.15) is 13.5 Å². The highest BCUT2D eigenvalue weighted by Crippen LogP contribution is 1.84. The average molecular weight is 277 g/mol. The van der Waals surface area contributed by atoms with Gasteiger partial charge in [0, 0.05) is 28.2 Å². The fourth-order valence-corrected chi connectivity index (χ4v) is 0. The number of rotatable bonds is 0. The number of hydrogen-bond donors (Lipinski definition) is 2. The van der Waals surface area contributed by atoms with E-state index in [-0.39, 0.29) is 13.5 Å². The molecular weight excluding hydrogens is 260 g/mol. The zero-order chi connectivity index (χ0) is 10.3. The van der Waals surface area contributed by atoms with Crippen molar-refractivity contribution in [2.75, 3.05) is 28.2 Å². The van der Waals surface area contributed by atoms with Crippen molar-refractivity contribution < 1.29 is 0 Å². The van der Waals surface area contributed by atoms with Crippen molar-refractivity contribution in [2.24, 2.45) is 0 Å². The van der Waals surface area contributed by atoms with Gasteiger partial charge in [0.15, 0.2) is 0 Å². The highest BCUT2D eigenvalue weighted by atomic mass is 32.1. The van der Waals surface area contributed by atoms with Gasteiger partial charge in [-0.1, -0.05) is 24.4 Å². The fourth-order valence-electron chi connectivity index (χ4n) is 0. The molecule has 0 radical (unpaired) electrons. The maximum atomic E-state index is 4.61. The van der Waals surface area contributed by atoms with Gasteiger partial charge in [-0.25, -0.2) is 0 Å². The first kappa shape index (κ1) is 19.4. The van der Waals surface area contributed by atoms with E-state index in [2.05, 4.69) is 49.7 Å². The largest absolute Gasteiger partial charge is 0.364 e. The third-order valence-corrected chi connectivity index (χ3v) is 2.30. The van der Waals surface area contributed by atoms with Gasteiger partial charge in [0.25, 0.3) is 0 Å². The Hall–Kier alpha value is 0.830. The molecule has 13 heavy (non-hydrogen) atoms. The molecule has 0 atom stereocenters. The first-order valence-electron chi connectivity index (χ1n) is 3.09. The van der Waals surface area contributed by atoms with Crippen LogP contribution < -0.4 is 0 Å². The minimum absolute atomic E-state index is 0. The molecule has 0 saturated heterocycles. The van der Waals surface area contributed by atoms with Crippen molar-refractivity contribution in [3.63, 3.8) is 0 Å². The number of thiocarbonyl (C=S) groups is 2. The number of thiol groups is 2. The Morgan fingerprint density at radius 2 is 0.923 bits per heavy atom. The van der Waals surface area contributed by atoms with E-state index in [0.29, 0.717) is 8.64 Å². The molecule has 80 valence electrons. The highest BCUT2D eigenvalue weighted by molar-refractivity contribution is 8.11. The minimum Gasteiger partial charge on any atom is -0.364 e. The Kier molecular flexibility index (Phi) is 16.3. The number of nitrogens with zero attached hydrogens (tertiary/aromatic N) is 2. The summed E-state index contributed by atoms with van der Waals surface area (Å²) in [6.45, 7) is 0. The van der Waals surface area contributed by atoms with E-state index in [4.69, 9.17) is 0 Å². The molecule has 0 aromatic rings. The Morgan fingerprint density at radius 1 is 0.846 bits per heavy atom. The van der Waals surface area contributed by atoms with Crippen LogP contribution in [0.1, 0.15) is 0 Å². The Bertz CT molecular complexity index is 139. The van der Waals surface area contributed by atoms with Crippen LogP contribution in [-0.4, -0.2) is 46.6 Å². The number of hydrogen-bond acceptors (Lipinski definition) is 2. The second-order valence-electron chi connectivity index (χ2n) is 2.35. The topological polar surface area (TPSA) is 6.48 Å². The van der Waals surface area contributed by atoms with Gasteiger partial charge in [0.05, 0.1) is 0 Å². The molecule has 0 rings (SSSR count). The highest BCUT2D eigenvalue weighted by Gasteiger charge is 1.84. The van der Waals surface area contributed by atoms with Crippen LogP contribution in [-0.2, 0) is 0 Å². The van der Waals surface area contributed by atoms with Gasteiger partial charge in [-0.05, 0) is 0 Å².